The van der Waals surface area contributed by atoms with Crippen molar-refractivity contribution in [3.63, 3.8) is 0 Å². The maximum atomic E-state index is 13.6. The summed E-state index contributed by atoms with van der Waals surface area (Å²) in [6.45, 7) is 3.57. The first-order valence-corrected chi connectivity index (χ1v) is 8.88. The van der Waals surface area contributed by atoms with Gasteiger partial charge in [-0.1, -0.05) is 54.1 Å². The summed E-state index contributed by atoms with van der Waals surface area (Å²) in [6, 6.07) is 15.4. The molecule has 3 rings (SSSR count). The average Bonchev–Trinajstić information content (AvgIpc) is 2.64. The molecular formula is C22H21F3N2O. The zero-order valence-electron chi connectivity index (χ0n) is 15.7. The van der Waals surface area contributed by atoms with Crippen molar-refractivity contribution in [2.45, 2.75) is 33.1 Å². The Morgan fingerprint density at radius 2 is 1.68 bits per heavy atom. The van der Waals surface area contributed by atoms with Gasteiger partial charge in [-0.3, -0.25) is 4.79 Å². The third-order valence-electron chi connectivity index (χ3n) is 4.81. The molecule has 146 valence electrons. The van der Waals surface area contributed by atoms with Gasteiger partial charge in [0.05, 0.1) is 17.8 Å². The molecule has 3 nitrogen and oxygen atoms in total. The van der Waals surface area contributed by atoms with Crippen molar-refractivity contribution < 1.29 is 13.2 Å². The second-order valence-corrected chi connectivity index (χ2v) is 6.81. The van der Waals surface area contributed by atoms with Crippen LogP contribution < -0.4 is 11.3 Å². The lowest BCUT2D eigenvalue weighted by atomic mass is 10.0. The fraction of sp³-hybridized carbons (Fsp3) is 0.227. The average molecular weight is 386 g/mol. The van der Waals surface area contributed by atoms with E-state index in [-0.39, 0.29) is 12.2 Å². The zero-order chi connectivity index (χ0) is 20.5. The lowest BCUT2D eigenvalue weighted by Gasteiger charge is -2.20. The van der Waals surface area contributed by atoms with E-state index in [2.05, 4.69) is 0 Å². The third kappa shape index (κ3) is 3.87. The molecule has 3 aromatic rings. The first-order valence-electron chi connectivity index (χ1n) is 8.88. The minimum Gasteiger partial charge on any atom is -0.326 e. The minimum atomic E-state index is -4.66. The van der Waals surface area contributed by atoms with E-state index in [1.807, 2.05) is 32.0 Å². The molecule has 2 N–H and O–H groups in total. The van der Waals surface area contributed by atoms with Crippen molar-refractivity contribution in [3.8, 4) is 11.3 Å². The number of nitrogens with two attached hydrogens (primary N) is 1. The minimum absolute atomic E-state index is 0.167. The SMILES string of the molecule is Cc1ccc(Cn2c(-c3ccccc3)cc(C(F)(F)F)c(CN)c2=O)c(C)c1. The number of benzene rings is 2. The van der Waals surface area contributed by atoms with Crippen molar-refractivity contribution in [2.75, 3.05) is 0 Å². The summed E-state index contributed by atoms with van der Waals surface area (Å²) >= 11 is 0. The van der Waals surface area contributed by atoms with Gasteiger partial charge in [0.15, 0.2) is 0 Å². The molecule has 0 bridgehead atoms. The highest BCUT2D eigenvalue weighted by molar-refractivity contribution is 5.61. The lowest BCUT2D eigenvalue weighted by molar-refractivity contribution is -0.138. The standard InChI is InChI=1S/C22H21F3N2O/c1-14-8-9-17(15(2)10-14)13-27-20(16-6-4-3-5-7-16)11-19(22(23,24)25)18(12-26)21(27)28/h3-11H,12-13,26H2,1-2H3. The molecule has 0 spiro atoms. The number of aryl methyl sites for hydroxylation is 2. The van der Waals surface area contributed by atoms with Gasteiger partial charge in [0.2, 0.25) is 0 Å². The number of hydrogen-bond acceptors (Lipinski definition) is 2. The summed E-state index contributed by atoms with van der Waals surface area (Å²) in [4.78, 5) is 13.0. The Morgan fingerprint density at radius 3 is 2.25 bits per heavy atom. The van der Waals surface area contributed by atoms with E-state index in [0.717, 1.165) is 22.8 Å². The number of pyridine rings is 1. The molecule has 0 unspecified atom stereocenters. The maximum absolute atomic E-state index is 13.6. The topological polar surface area (TPSA) is 48.0 Å². The summed E-state index contributed by atoms with van der Waals surface area (Å²) < 4.78 is 42.1. The molecule has 0 aliphatic rings. The molecule has 0 fully saturated rings. The molecule has 0 saturated heterocycles. The number of halogens is 3. The maximum Gasteiger partial charge on any atom is 0.416 e. The molecule has 0 aliphatic heterocycles. The van der Waals surface area contributed by atoms with Gasteiger partial charge in [-0.2, -0.15) is 13.2 Å². The predicted octanol–water partition coefficient (Wildman–Crippen LogP) is 4.66. The summed E-state index contributed by atoms with van der Waals surface area (Å²) in [5.41, 5.74) is 7.10. The van der Waals surface area contributed by atoms with Gasteiger partial charge in [0.1, 0.15) is 0 Å². The molecule has 0 amide bonds. The van der Waals surface area contributed by atoms with E-state index >= 15 is 0 Å². The van der Waals surface area contributed by atoms with Crippen LogP contribution in [-0.2, 0) is 19.3 Å². The van der Waals surface area contributed by atoms with E-state index in [1.165, 1.54) is 4.57 Å². The van der Waals surface area contributed by atoms with E-state index in [1.54, 1.807) is 30.3 Å². The molecule has 2 aromatic carbocycles. The highest BCUT2D eigenvalue weighted by Crippen LogP contribution is 2.34. The second-order valence-electron chi connectivity index (χ2n) is 6.81. The number of alkyl halides is 3. The van der Waals surface area contributed by atoms with Crippen LogP contribution in [0.5, 0.6) is 0 Å². The van der Waals surface area contributed by atoms with Gasteiger partial charge in [-0.15, -0.1) is 0 Å². The summed E-state index contributed by atoms with van der Waals surface area (Å²) in [5.74, 6) is 0. The van der Waals surface area contributed by atoms with Crippen LogP contribution >= 0.6 is 0 Å². The number of rotatable bonds is 4. The Balaban J connectivity index is 2.29. The molecule has 0 aliphatic carbocycles. The second kappa shape index (κ2) is 7.64. The highest BCUT2D eigenvalue weighted by atomic mass is 19.4. The van der Waals surface area contributed by atoms with Gasteiger partial charge >= 0.3 is 6.18 Å². The van der Waals surface area contributed by atoms with Crippen LogP contribution in [0.15, 0.2) is 59.4 Å². The van der Waals surface area contributed by atoms with Gasteiger partial charge < -0.3 is 10.3 Å². The first kappa shape index (κ1) is 19.9. The van der Waals surface area contributed by atoms with E-state index in [4.69, 9.17) is 5.73 Å². The first-order chi connectivity index (χ1) is 13.2. The monoisotopic (exact) mass is 386 g/mol. The van der Waals surface area contributed by atoms with Crippen LogP contribution in [-0.4, -0.2) is 4.57 Å². The van der Waals surface area contributed by atoms with E-state index in [9.17, 15) is 18.0 Å². The molecular weight excluding hydrogens is 365 g/mol. The van der Waals surface area contributed by atoms with Gasteiger partial charge in [-0.05, 0) is 36.6 Å². The van der Waals surface area contributed by atoms with Crippen LogP contribution in [0, 0.1) is 13.8 Å². The predicted molar refractivity (Wildman–Crippen MR) is 104 cm³/mol. The Kier molecular flexibility index (Phi) is 5.42. The third-order valence-corrected chi connectivity index (χ3v) is 4.81. The molecule has 1 aromatic heterocycles. The number of nitrogens with zero attached hydrogens (tertiary/aromatic N) is 1. The zero-order valence-corrected chi connectivity index (χ0v) is 15.7. The van der Waals surface area contributed by atoms with Crippen LogP contribution in [0.2, 0.25) is 0 Å². The fourth-order valence-corrected chi connectivity index (χ4v) is 3.34. The van der Waals surface area contributed by atoms with E-state index < -0.39 is 29.4 Å². The van der Waals surface area contributed by atoms with Crippen LogP contribution in [0.25, 0.3) is 11.3 Å². The lowest BCUT2D eigenvalue weighted by Crippen LogP contribution is -2.31. The summed E-state index contributed by atoms with van der Waals surface area (Å²) in [7, 11) is 0. The largest absolute Gasteiger partial charge is 0.416 e. The highest BCUT2D eigenvalue weighted by Gasteiger charge is 2.35. The van der Waals surface area contributed by atoms with Gasteiger partial charge in [0, 0.05) is 12.1 Å². The summed E-state index contributed by atoms with van der Waals surface area (Å²) in [6.07, 6.45) is -4.66. The summed E-state index contributed by atoms with van der Waals surface area (Å²) in [5, 5.41) is 0. The molecule has 0 radical (unpaired) electrons. The quantitative estimate of drug-likeness (QED) is 0.709. The molecule has 0 saturated carbocycles. The van der Waals surface area contributed by atoms with Crippen molar-refractivity contribution in [1.29, 1.82) is 0 Å². The number of aromatic nitrogens is 1. The Bertz CT molecular complexity index is 1050. The van der Waals surface area contributed by atoms with Crippen LogP contribution in [0.3, 0.4) is 0 Å². The molecule has 1 heterocycles. The molecule has 6 heteroatoms. The fourth-order valence-electron chi connectivity index (χ4n) is 3.34. The molecule has 0 atom stereocenters. The van der Waals surface area contributed by atoms with Crippen molar-refractivity contribution >= 4 is 0 Å². The Morgan fingerprint density at radius 1 is 1.00 bits per heavy atom. The van der Waals surface area contributed by atoms with Crippen molar-refractivity contribution in [2.24, 2.45) is 5.73 Å². The normalized spacial score (nSPS) is 11.6. The van der Waals surface area contributed by atoms with Crippen LogP contribution in [0.4, 0.5) is 13.2 Å². The number of hydrogen-bond donors (Lipinski definition) is 1. The van der Waals surface area contributed by atoms with Crippen molar-refractivity contribution in [1.82, 2.24) is 4.57 Å². The van der Waals surface area contributed by atoms with Crippen molar-refractivity contribution in [3.05, 3.63) is 92.8 Å². The Labute approximate surface area is 161 Å². The van der Waals surface area contributed by atoms with Gasteiger partial charge in [0.25, 0.3) is 5.56 Å². The van der Waals surface area contributed by atoms with E-state index in [0.29, 0.717) is 5.56 Å². The van der Waals surface area contributed by atoms with Gasteiger partial charge in [-0.25, -0.2) is 0 Å². The smallest absolute Gasteiger partial charge is 0.326 e. The van der Waals surface area contributed by atoms with Crippen LogP contribution in [0.1, 0.15) is 27.8 Å². The molecule has 28 heavy (non-hydrogen) atoms. The Hall–Kier alpha value is -2.86.